The van der Waals surface area contributed by atoms with Crippen molar-refractivity contribution in [2.45, 2.75) is 33.3 Å². The summed E-state index contributed by atoms with van der Waals surface area (Å²) in [5.41, 5.74) is 0.870. The predicted octanol–water partition coefficient (Wildman–Crippen LogP) is 5.57. The maximum atomic E-state index is 12.7. The highest BCUT2D eigenvalue weighted by Gasteiger charge is 2.16. The second-order valence-corrected chi connectivity index (χ2v) is 7.49. The van der Waals surface area contributed by atoms with Crippen LogP contribution >= 0.6 is 0 Å². The molecule has 0 fully saturated rings. The number of hydrogen-bond acceptors (Lipinski definition) is 5. The van der Waals surface area contributed by atoms with Gasteiger partial charge in [-0.2, -0.15) is 0 Å². The van der Waals surface area contributed by atoms with Crippen molar-refractivity contribution in [3.05, 3.63) is 82.2 Å². The number of carbonyl (C=O) groups is 1. The molecular weight excluding hydrogens is 380 g/mol. The van der Waals surface area contributed by atoms with Gasteiger partial charge in [0.2, 0.25) is 0 Å². The quantitative estimate of drug-likeness (QED) is 0.322. The van der Waals surface area contributed by atoms with E-state index in [1.807, 2.05) is 56.3 Å². The van der Waals surface area contributed by atoms with Crippen LogP contribution in [0.2, 0.25) is 0 Å². The van der Waals surface area contributed by atoms with Crippen molar-refractivity contribution in [2.24, 2.45) is 0 Å². The summed E-state index contributed by atoms with van der Waals surface area (Å²) in [4.78, 5) is 24.3. The summed E-state index contributed by atoms with van der Waals surface area (Å²) in [6, 6.07) is 18.7. The van der Waals surface area contributed by atoms with Crippen LogP contribution in [0.3, 0.4) is 0 Å². The summed E-state index contributed by atoms with van der Waals surface area (Å²) < 4.78 is 17.3. The molecule has 3 aromatic carbocycles. The Morgan fingerprint density at radius 2 is 1.77 bits per heavy atom. The molecule has 0 saturated carbocycles. The summed E-state index contributed by atoms with van der Waals surface area (Å²) in [5, 5.41) is 2.35. The summed E-state index contributed by atoms with van der Waals surface area (Å²) in [7, 11) is 0. The van der Waals surface area contributed by atoms with Crippen LogP contribution in [-0.2, 0) is 11.4 Å². The Hall–Kier alpha value is -3.60. The summed E-state index contributed by atoms with van der Waals surface area (Å²) in [6.45, 7) is 5.43. The number of fused-ring (bicyclic) bond motifs is 2. The lowest BCUT2D eigenvalue weighted by Crippen LogP contribution is -2.10. The Bertz CT molecular complexity index is 1290. The number of ether oxygens (including phenoxy) is 2. The van der Waals surface area contributed by atoms with Crippen LogP contribution in [0.4, 0.5) is 0 Å². The summed E-state index contributed by atoms with van der Waals surface area (Å²) in [5.74, 6) is 1.05. The average Bonchev–Trinajstić information content (AvgIpc) is 2.71. The van der Waals surface area contributed by atoms with E-state index in [1.165, 1.54) is 13.0 Å². The van der Waals surface area contributed by atoms with E-state index in [-0.39, 0.29) is 29.1 Å². The lowest BCUT2D eigenvalue weighted by molar-refractivity contribution is -0.131. The minimum absolute atomic E-state index is 0.0508. The third-order valence-corrected chi connectivity index (χ3v) is 4.84. The second-order valence-electron chi connectivity index (χ2n) is 7.49. The van der Waals surface area contributed by atoms with Crippen molar-refractivity contribution in [1.82, 2.24) is 0 Å². The molecule has 1 heterocycles. The molecule has 0 aliphatic rings. The SMILES string of the molecule is CC(=O)Oc1cc(COc2cccc3ccccc23)cc2oc(C(C)C)cc(=O)c12. The summed E-state index contributed by atoms with van der Waals surface area (Å²) >= 11 is 0. The van der Waals surface area contributed by atoms with Gasteiger partial charge in [-0.1, -0.05) is 50.2 Å². The monoisotopic (exact) mass is 402 g/mol. The van der Waals surface area contributed by atoms with Crippen LogP contribution < -0.4 is 14.9 Å². The van der Waals surface area contributed by atoms with E-state index in [2.05, 4.69) is 0 Å². The van der Waals surface area contributed by atoms with E-state index in [0.29, 0.717) is 11.3 Å². The molecule has 4 rings (SSSR count). The van der Waals surface area contributed by atoms with Crippen molar-refractivity contribution >= 4 is 27.7 Å². The molecule has 5 nitrogen and oxygen atoms in total. The molecule has 0 aliphatic carbocycles. The topological polar surface area (TPSA) is 65.7 Å². The Balaban J connectivity index is 1.76. The predicted molar refractivity (Wildman–Crippen MR) is 116 cm³/mol. The molecule has 0 aliphatic heterocycles. The number of benzene rings is 3. The fourth-order valence-corrected chi connectivity index (χ4v) is 3.41. The van der Waals surface area contributed by atoms with Crippen LogP contribution in [0, 0.1) is 0 Å². The first-order chi connectivity index (χ1) is 14.4. The van der Waals surface area contributed by atoms with Gasteiger partial charge in [0.15, 0.2) is 5.43 Å². The minimum Gasteiger partial charge on any atom is -0.488 e. The molecule has 0 atom stereocenters. The molecule has 30 heavy (non-hydrogen) atoms. The second kappa shape index (κ2) is 8.03. The van der Waals surface area contributed by atoms with Crippen molar-refractivity contribution in [1.29, 1.82) is 0 Å². The number of rotatable bonds is 5. The lowest BCUT2D eigenvalue weighted by atomic mass is 10.1. The number of carbonyl (C=O) groups excluding carboxylic acids is 1. The molecule has 4 aromatic rings. The highest BCUT2D eigenvalue weighted by Crippen LogP contribution is 2.30. The normalized spacial score (nSPS) is 11.2. The van der Waals surface area contributed by atoms with Gasteiger partial charge in [0, 0.05) is 24.3 Å². The molecule has 1 aromatic heterocycles. The largest absolute Gasteiger partial charge is 0.488 e. The van der Waals surface area contributed by atoms with Crippen LogP contribution in [0.1, 0.15) is 38.0 Å². The van der Waals surface area contributed by atoms with Crippen LogP contribution in [0.25, 0.3) is 21.7 Å². The minimum atomic E-state index is -0.504. The van der Waals surface area contributed by atoms with Gasteiger partial charge in [0.05, 0.1) is 0 Å². The molecule has 0 spiro atoms. The molecule has 0 saturated heterocycles. The Kier molecular flexibility index (Phi) is 5.27. The highest BCUT2D eigenvalue weighted by molar-refractivity contribution is 5.88. The Morgan fingerprint density at radius 1 is 1.00 bits per heavy atom. The fraction of sp³-hybridized carbons (Fsp3) is 0.200. The highest BCUT2D eigenvalue weighted by atomic mass is 16.5. The zero-order valence-electron chi connectivity index (χ0n) is 17.1. The molecule has 152 valence electrons. The lowest BCUT2D eigenvalue weighted by Gasteiger charge is -2.13. The van der Waals surface area contributed by atoms with Gasteiger partial charge in [-0.05, 0) is 29.1 Å². The average molecular weight is 402 g/mol. The molecule has 0 amide bonds. The van der Waals surface area contributed by atoms with E-state index < -0.39 is 5.97 Å². The van der Waals surface area contributed by atoms with E-state index in [4.69, 9.17) is 13.9 Å². The Labute approximate surface area is 173 Å². The maximum Gasteiger partial charge on any atom is 0.308 e. The van der Waals surface area contributed by atoms with Gasteiger partial charge in [-0.3, -0.25) is 9.59 Å². The first kappa shape index (κ1) is 19.7. The molecule has 0 radical (unpaired) electrons. The first-order valence-corrected chi connectivity index (χ1v) is 9.82. The van der Waals surface area contributed by atoms with Crippen molar-refractivity contribution < 1.29 is 18.7 Å². The third-order valence-electron chi connectivity index (χ3n) is 4.84. The van der Waals surface area contributed by atoms with Crippen LogP contribution in [0.15, 0.2) is 69.9 Å². The standard InChI is InChI=1S/C25H22O5/c1-15(2)22-13-20(27)25-23(29-16(3)26)11-17(12-24(25)30-22)14-28-21-10-6-8-18-7-4-5-9-19(18)21/h4-13,15H,14H2,1-3H3. The van der Waals surface area contributed by atoms with Gasteiger partial charge in [0.25, 0.3) is 0 Å². The maximum absolute atomic E-state index is 12.7. The van der Waals surface area contributed by atoms with Crippen molar-refractivity contribution in [3.8, 4) is 11.5 Å². The smallest absolute Gasteiger partial charge is 0.308 e. The number of esters is 1. The van der Waals surface area contributed by atoms with Gasteiger partial charge in [-0.25, -0.2) is 0 Å². The van der Waals surface area contributed by atoms with E-state index in [0.717, 1.165) is 22.1 Å². The van der Waals surface area contributed by atoms with E-state index in [1.54, 1.807) is 12.1 Å². The fourth-order valence-electron chi connectivity index (χ4n) is 3.41. The molecule has 0 bridgehead atoms. The molecule has 5 heteroatoms. The zero-order chi connectivity index (χ0) is 21.3. The molecule has 0 N–H and O–H groups in total. The first-order valence-electron chi connectivity index (χ1n) is 9.82. The molecule has 0 unspecified atom stereocenters. The van der Waals surface area contributed by atoms with Crippen molar-refractivity contribution in [3.63, 3.8) is 0 Å². The summed E-state index contributed by atoms with van der Waals surface area (Å²) in [6.07, 6.45) is 0. The van der Waals surface area contributed by atoms with Gasteiger partial charge < -0.3 is 13.9 Å². The van der Waals surface area contributed by atoms with Crippen LogP contribution in [0.5, 0.6) is 11.5 Å². The van der Waals surface area contributed by atoms with Gasteiger partial charge >= 0.3 is 5.97 Å². The van der Waals surface area contributed by atoms with Gasteiger partial charge in [0.1, 0.15) is 34.8 Å². The Morgan fingerprint density at radius 3 is 2.53 bits per heavy atom. The van der Waals surface area contributed by atoms with Crippen molar-refractivity contribution in [2.75, 3.05) is 0 Å². The number of hydrogen-bond donors (Lipinski definition) is 0. The van der Waals surface area contributed by atoms with E-state index >= 15 is 0 Å². The van der Waals surface area contributed by atoms with E-state index in [9.17, 15) is 9.59 Å². The zero-order valence-corrected chi connectivity index (χ0v) is 17.1. The third kappa shape index (κ3) is 3.92. The molecular formula is C25H22O5. The van der Waals surface area contributed by atoms with Crippen LogP contribution in [-0.4, -0.2) is 5.97 Å². The van der Waals surface area contributed by atoms with Gasteiger partial charge in [-0.15, -0.1) is 0 Å².